The first-order valence-corrected chi connectivity index (χ1v) is 9.91. The van der Waals surface area contributed by atoms with E-state index >= 15 is 0 Å². The molecule has 0 unspecified atom stereocenters. The molecule has 0 spiro atoms. The smallest absolute Gasteiger partial charge is 0.251 e. The zero-order valence-electron chi connectivity index (χ0n) is 15.2. The molecule has 2 aromatic carbocycles. The van der Waals surface area contributed by atoms with Crippen molar-refractivity contribution in [2.45, 2.75) is 31.2 Å². The summed E-state index contributed by atoms with van der Waals surface area (Å²) >= 11 is 0. The molecule has 0 aliphatic heterocycles. The lowest BCUT2D eigenvalue weighted by atomic mass is 10.1. The van der Waals surface area contributed by atoms with Crippen LogP contribution in [0.4, 0.5) is 0 Å². The highest BCUT2D eigenvalue weighted by Crippen LogP contribution is 2.25. The Kier molecular flexibility index (Phi) is 6.76. The highest BCUT2D eigenvalue weighted by atomic mass is 32.2. The summed E-state index contributed by atoms with van der Waals surface area (Å²) in [5.41, 5.74) is 1.22. The Labute approximate surface area is 154 Å². The number of nitrogens with one attached hydrogen (secondary N) is 2. The van der Waals surface area contributed by atoms with E-state index in [1.54, 1.807) is 6.07 Å². The van der Waals surface area contributed by atoms with E-state index < -0.39 is 10.0 Å². The Morgan fingerprint density at radius 3 is 2.46 bits per heavy atom. The number of carbonyl (C=O) groups is 1. The number of carbonyl (C=O) groups excluding carboxylic acids is 1. The van der Waals surface area contributed by atoms with Crippen LogP contribution in [0.25, 0.3) is 0 Å². The van der Waals surface area contributed by atoms with Crippen LogP contribution in [0, 0.1) is 0 Å². The molecule has 0 aliphatic carbocycles. The van der Waals surface area contributed by atoms with Crippen LogP contribution in [0.1, 0.15) is 42.2 Å². The van der Waals surface area contributed by atoms with E-state index in [-0.39, 0.29) is 28.2 Å². The first kappa shape index (κ1) is 19.9. The molecule has 0 radical (unpaired) electrons. The molecule has 0 saturated carbocycles. The number of sulfonamides is 1. The molecule has 0 aromatic heterocycles. The van der Waals surface area contributed by atoms with E-state index in [1.807, 2.05) is 44.2 Å². The van der Waals surface area contributed by atoms with Crippen LogP contribution in [0.2, 0.25) is 0 Å². The van der Waals surface area contributed by atoms with Crippen LogP contribution >= 0.6 is 0 Å². The van der Waals surface area contributed by atoms with Crippen molar-refractivity contribution < 1.29 is 17.9 Å². The highest BCUT2D eigenvalue weighted by Gasteiger charge is 2.21. The van der Waals surface area contributed by atoms with Crippen molar-refractivity contribution in [1.82, 2.24) is 10.0 Å². The molecule has 0 bridgehead atoms. The third kappa shape index (κ3) is 4.83. The molecule has 7 heteroatoms. The first-order chi connectivity index (χ1) is 12.4. The number of rotatable bonds is 8. The lowest BCUT2D eigenvalue weighted by Gasteiger charge is -2.16. The van der Waals surface area contributed by atoms with Crippen LogP contribution in [0.5, 0.6) is 5.75 Å². The predicted octanol–water partition coefficient (Wildman–Crippen LogP) is 2.87. The number of ether oxygens (including phenoxy) is 1. The molecule has 140 valence electrons. The van der Waals surface area contributed by atoms with Gasteiger partial charge >= 0.3 is 0 Å². The fraction of sp³-hybridized carbons (Fsp3) is 0.316. The third-order valence-corrected chi connectivity index (χ3v) is 5.39. The van der Waals surface area contributed by atoms with Gasteiger partial charge in [0.1, 0.15) is 10.6 Å². The zero-order chi connectivity index (χ0) is 19.2. The third-order valence-electron chi connectivity index (χ3n) is 3.90. The summed E-state index contributed by atoms with van der Waals surface area (Å²) in [6.45, 7) is 4.05. The number of hydrogen-bond acceptors (Lipinski definition) is 4. The van der Waals surface area contributed by atoms with Crippen LogP contribution in [-0.4, -0.2) is 28.0 Å². The minimum absolute atomic E-state index is 0.0477. The summed E-state index contributed by atoms with van der Waals surface area (Å²) in [6.07, 6.45) is 0.663. The van der Waals surface area contributed by atoms with Crippen molar-refractivity contribution in [3.05, 3.63) is 59.7 Å². The Bertz CT molecular complexity index is 851. The van der Waals surface area contributed by atoms with Gasteiger partial charge < -0.3 is 10.1 Å². The van der Waals surface area contributed by atoms with Crippen molar-refractivity contribution in [2.24, 2.45) is 0 Å². The van der Waals surface area contributed by atoms with E-state index in [9.17, 15) is 13.2 Å². The minimum atomic E-state index is -3.76. The van der Waals surface area contributed by atoms with Gasteiger partial charge in [0, 0.05) is 12.1 Å². The molecular weight excluding hydrogens is 352 g/mol. The Balaban J connectivity index is 2.27. The topological polar surface area (TPSA) is 84.5 Å². The van der Waals surface area contributed by atoms with Crippen LogP contribution < -0.4 is 14.8 Å². The maximum absolute atomic E-state index is 12.6. The van der Waals surface area contributed by atoms with Gasteiger partial charge in [0.2, 0.25) is 10.0 Å². The largest absolute Gasteiger partial charge is 0.495 e. The molecular formula is C19H24N2O4S. The molecule has 1 atom stereocenters. The summed E-state index contributed by atoms with van der Waals surface area (Å²) in [5.74, 6) is -0.155. The average molecular weight is 376 g/mol. The van der Waals surface area contributed by atoms with E-state index in [1.165, 1.54) is 19.2 Å². The van der Waals surface area contributed by atoms with Crippen LogP contribution in [0.3, 0.4) is 0 Å². The summed E-state index contributed by atoms with van der Waals surface area (Å²) in [7, 11) is -2.36. The van der Waals surface area contributed by atoms with Gasteiger partial charge in [-0.15, -0.1) is 0 Å². The van der Waals surface area contributed by atoms with Crippen molar-refractivity contribution in [1.29, 1.82) is 0 Å². The van der Waals surface area contributed by atoms with Gasteiger partial charge in [-0.05, 0) is 37.1 Å². The van der Waals surface area contributed by atoms with Gasteiger partial charge in [-0.25, -0.2) is 13.1 Å². The molecule has 2 rings (SSSR count). The quantitative estimate of drug-likeness (QED) is 0.742. The molecule has 0 aliphatic rings. The van der Waals surface area contributed by atoms with Crippen LogP contribution in [-0.2, 0) is 10.0 Å². The maximum atomic E-state index is 12.6. The van der Waals surface area contributed by atoms with Gasteiger partial charge in [0.15, 0.2) is 0 Å². The minimum Gasteiger partial charge on any atom is -0.495 e. The predicted molar refractivity (Wildman–Crippen MR) is 101 cm³/mol. The summed E-state index contributed by atoms with van der Waals surface area (Å²) in [5, 5.41) is 2.88. The van der Waals surface area contributed by atoms with Crippen molar-refractivity contribution in [3.8, 4) is 5.75 Å². The molecule has 0 saturated heterocycles. The van der Waals surface area contributed by atoms with Crippen molar-refractivity contribution in [3.63, 3.8) is 0 Å². The maximum Gasteiger partial charge on any atom is 0.251 e. The zero-order valence-corrected chi connectivity index (χ0v) is 16.0. The number of hydrogen-bond donors (Lipinski definition) is 2. The standard InChI is InChI=1S/C19H24N2O4S/c1-4-12-20-26(23,24)18-13-16(10-11-17(18)25-3)19(22)21-14(2)15-8-6-5-7-9-15/h5-11,13-14,20H,4,12H2,1-3H3,(H,21,22)/t14-/m0/s1. The fourth-order valence-electron chi connectivity index (χ4n) is 2.45. The number of methoxy groups -OCH3 is 1. The van der Waals surface area contributed by atoms with Crippen LogP contribution in [0.15, 0.2) is 53.4 Å². The molecule has 2 N–H and O–H groups in total. The van der Waals surface area contributed by atoms with Gasteiger partial charge in [-0.2, -0.15) is 0 Å². The summed E-state index contributed by atoms with van der Waals surface area (Å²) in [6, 6.07) is 13.7. The first-order valence-electron chi connectivity index (χ1n) is 8.42. The number of benzene rings is 2. The van der Waals surface area contributed by atoms with Crippen molar-refractivity contribution >= 4 is 15.9 Å². The van der Waals surface area contributed by atoms with E-state index in [0.717, 1.165) is 5.56 Å². The van der Waals surface area contributed by atoms with Gasteiger partial charge in [0.25, 0.3) is 5.91 Å². The summed E-state index contributed by atoms with van der Waals surface area (Å²) in [4.78, 5) is 12.5. The van der Waals surface area contributed by atoms with Gasteiger partial charge in [-0.1, -0.05) is 37.3 Å². The average Bonchev–Trinajstić information content (AvgIpc) is 2.66. The van der Waals surface area contributed by atoms with E-state index in [4.69, 9.17) is 4.74 Å². The fourth-order valence-corrected chi connectivity index (χ4v) is 3.77. The Morgan fingerprint density at radius 2 is 1.85 bits per heavy atom. The van der Waals surface area contributed by atoms with E-state index in [2.05, 4.69) is 10.0 Å². The Hall–Kier alpha value is -2.38. The van der Waals surface area contributed by atoms with Gasteiger partial charge in [-0.3, -0.25) is 4.79 Å². The second-order valence-corrected chi connectivity index (χ2v) is 7.60. The molecule has 26 heavy (non-hydrogen) atoms. The molecule has 0 fully saturated rings. The SMILES string of the molecule is CCCNS(=O)(=O)c1cc(C(=O)N[C@@H](C)c2ccccc2)ccc1OC. The van der Waals surface area contributed by atoms with Crippen molar-refractivity contribution in [2.75, 3.05) is 13.7 Å². The Morgan fingerprint density at radius 1 is 1.15 bits per heavy atom. The summed E-state index contributed by atoms with van der Waals surface area (Å²) < 4.78 is 32.6. The second-order valence-electron chi connectivity index (χ2n) is 5.87. The van der Waals surface area contributed by atoms with E-state index in [0.29, 0.717) is 13.0 Å². The molecule has 1 amide bonds. The number of amides is 1. The van der Waals surface area contributed by atoms with Gasteiger partial charge in [0.05, 0.1) is 13.2 Å². The molecule has 6 nitrogen and oxygen atoms in total. The highest BCUT2D eigenvalue weighted by molar-refractivity contribution is 7.89. The second kappa shape index (κ2) is 8.82. The lowest BCUT2D eigenvalue weighted by Crippen LogP contribution is -2.28. The molecule has 0 heterocycles. The lowest BCUT2D eigenvalue weighted by molar-refractivity contribution is 0.0939. The molecule has 2 aromatic rings. The normalized spacial score (nSPS) is 12.4. The monoisotopic (exact) mass is 376 g/mol.